The van der Waals surface area contributed by atoms with Crippen molar-refractivity contribution in [2.45, 2.75) is 58.0 Å². The summed E-state index contributed by atoms with van der Waals surface area (Å²) >= 11 is 0. The van der Waals surface area contributed by atoms with Crippen LogP contribution in [0.2, 0.25) is 0 Å². The maximum Gasteiger partial charge on any atom is 0.470 e. The molecule has 2 saturated heterocycles. The topological polar surface area (TPSA) is 134 Å². The number of nitrogens with one attached hydrogen (secondary N) is 1. The second kappa shape index (κ2) is 21.7. The van der Waals surface area contributed by atoms with Crippen molar-refractivity contribution in [1.29, 1.82) is 0 Å². The summed E-state index contributed by atoms with van der Waals surface area (Å²) in [5.41, 5.74) is 4.06. The fraction of sp³-hybridized carbons (Fsp3) is 0.348. The molecule has 8 rings (SSSR count). The highest BCUT2D eigenvalue weighted by molar-refractivity contribution is 5.95. The summed E-state index contributed by atoms with van der Waals surface area (Å²) in [6, 6.07) is 32.4. The van der Waals surface area contributed by atoms with E-state index in [1.165, 1.54) is 0 Å². The van der Waals surface area contributed by atoms with Crippen molar-refractivity contribution >= 4 is 35.6 Å². The van der Waals surface area contributed by atoms with Crippen molar-refractivity contribution in [2.24, 2.45) is 11.8 Å². The molecule has 2 amide bonds. The third-order valence-corrected chi connectivity index (χ3v) is 11.2. The monoisotopic (exact) mass is 924 g/mol. The fourth-order valence-electron chi connectivity index (χ4n) is 7.59. The number of aromatic nitrogens is 4. The lowest BCUT2D eigenvalue weighted by Crippen LogP contribution is -2.42. The molecule has 65 heavy (non-hydrogen) atoms. The van der Waals surface area contributed by atoms with Crippen LogP contribution in [-0.2, 0) is 35.0 Å². The van der Waals surface area contributed by atoms with Gasteiger partial charge in [-0.1, -0.05) is 67.6 Å². The zero-order valence-corrected chi connectivity index (χ0v) is 36.1. The lowest BCUT2D eigenvalue weighted by atomic mass is 9.94. The largest absolute Gasteiger partial charge is 0.470 e. The molecule has 6 aromatic rings. The number of hydrogen-bond acceptors (Lipinski definition) is 10. The highest BCUT2D eigenvalue weighted by Gasteiger charge is 2.39. The third kappa shape index (κ3) is 12.6. The van der Waals surface area contributed by atoms with Crippen molar-refractivity contribution in [3.05, 3.63) is 132 Å². The predicted molar refractivity (Wildman–Crippen MR) is 232 cm³/mol. The summed E-state index contributed by atoms with van der Waals surface area (Å²) in [6.07, 6.45) is -6.13. The molecule has 2 fully saturated rings. The molecule has 2 aliphatic rings. The molecular weight excluding hydrogens is 878 g/mol. The van der Waals surface area contributed by atoms with Crippen LogP contribution >= 0.6 is 12.4 Å². The van der Waals surface area contributed by atoms with E-state index >= 15 is 0 Å². The van der Waals surface area contributed by atoms with Crippen molar-refractivity contribution in [1.82, 2.24) is 30.6 Å². The Balaban J connectivity index is 0.000000212. The van der Waals surface area contributed by atoms with Gasteiger partial charge < -0.3 is 28.9 Å². The molecule has 4 aromatic carbocycles. The zero-order chi connectivity index (χ0) is 45.3. The number of alkyl halides is 6. The van der Waals surface area contributed by atoms with Crippen LogP contribution in [0.25, 0.3) is 22.9 Å². The quantitative estimate of drug-likeness (QED) is 0.125. The minimum absolute atomic E-state index is 0. The van der Waals surface area contributed by atoms with Crippen LogP contribution in [0.3, 0.4) is 0 Å². The number of para-hydroxylation sites is 2. The number of rotatable bonds is 11. The molecule has 19 heteroatoms. The number of amides is 2. The van der Waals surface area contributed by atoms with Crippen LogP contribution < -0.4 is 15.1 Å². The molecule has 0 saturated carbocycles. The minimum atomic E-state index is -4.69. The van der Waals surface area contributed by atoms with Crippen LogP contribution in [0, 0.1) is 11.8 Å². The molecule has 0 spiro atoms. The Kier molecular flexibility index (Phi) is 16.2. The van der Waals surface area contributed by atoms with E-state index in [0.717, 1.165) is 80.9 Å². The standard InChI is InChI=1S/C24H25F3N4O2.C22H21F3N4O2.ClH/c1-2-30-14-12-19(13-15-30)22(32)31(20-6-4-3-5-7-20)16-17-8-10-18(11-9-17)21-28-29-23(33-21)24(25,26)27;23-22(24,25)21-28-27-19(31-21)16-8-6-15(7-9-16)14-29(18-4-2-1-3-5-18)20(30)17-10-12-26-13-11-17;/h3-11,19H,2,12-16H2,1H3;1-9,17,26H,10-14H2;1H. The van der Waals surface area contributed by atoms with Gasteiger partial charge in [0.1, 0.15) is 0 Å². The summed E-state index contributed by atoms with van der Waals surface area (Å²) in [4.78, 5) is 32.6. The van der Waals surface area contributed by atoms with Gasteiger partial charge in [0.25, 0.3) is 0 Å². The number of anilines is 2. The summed E-state index contributed by atoms with van der Waals surface area (Å²) in [6.45, 7) is 7.28. The molecule has 0 unspecified atom stereocenters. The molecule has 0 radical (unpaired) electrons. The summed E-state index contributed by atoms with van der Waals surface area (Å²) in [5.74, 6) is -3.08. The maximum atomic E-state index is 13.5. The van der Waals surface area contributed by atoms with Gasteiger partial charge in [-0.2, -0.15) is 26.3 Å². The zero-order valence-electron chi connectivity index (χ0n) is 35.3. The first kappa shape index (κ1) is 48.3. The van der Waals surface area contributed by atoms with Crippen LogP contribution in [0.4, 0.5) is 37.7 Å². The number of carbonyl (C=O) groups is 2. The Labute approximate surface area is 377 Å². The van der Waals surface area contributed by atoms with Gasteiger partial charge >= 0.3 is 24.1 Å². The molecule has 344 valence electrons. The molecule has 0 atom stereocenters. The molecule has 2 aromatic heterocycles. The number of piperidine rings is 2. The first-order valence-corrected chi connectivity index (χ1v) is 20.9. The molecule has 2 aliphatic heterocycles. The summed E-state index contributed by atoms with van der Waals surface area (Å²) < 4.78 is 85.7. The van der Waals surface area contributed by atoms with Crippen molar-refractivity contribution in [2.75, 3.05) is 42.5 Å². The van der Waals surface area contributed by atoms with Gasteiger partial charge in [0.05, 0.1) is 13.1 Å². The smallest absolute Gasteiger partial charge is 0.413 e. The van der Waals surface area contributed by atoms with Gasteiger partial charge in [0.15, 0.2) is 0 Å². The SMILES string of the molecule is CCN1CCC(C(=O)N(Cc2ccc(-c3nnc(C(F)(F)F)o3)cc2)c2ccccc2)CC1.Cl.O=C(C1CCNCC1)N(Cc1ccc(-c2nnc(C(F)(F)F)o2)cc1)c1ccccc1. The first-order valence-electron chi connectivity index (χ1n) is 20.9. The molecule has 0 bridgehead atoms. The maximum absolute atomic E-state index is 13.5. The van der Waals surface area contributed by atoms with E-state index in [9.17, 15) is 35.9 Å². The van der Waals surface area contributed by atoms with E-state index in [2.05, 4.69) is 37.5 Å². The van der Waals surface area contributed by atoms with Gasteiger partial charge in [0, 0.05) is 34.3 Å². The lowest BCUT2D eigenvalue weighted by Gasteiger charge is -2.34. The van der Waals surface area contributed by atoms with E-state index in [-0.39, 0.29) is 47.8 Å². The average Bonchev–Trinajstić information content (AvgIpc) is 4.04. The number of benzene rings is 4. The number of hydrogen-bond donors (Lipinski definition) is 1. The molecule has 0 aliphatic carbocycles. The first-order chi connectivity index (χ1) is 30.8. The average molecular weight is 925 g/mol. The van der Waals surface area contributed by atoms with Gasteiger partial charge in [-0.05, 0) is 118 Å². The van der Waals surface area contributed by atoms with Crippen molar-refractivity contribution in [3.8, 4) is 22.9 Å². The molecule has 12 nitrogen and oxygen atoms in total. The molecule has 1 N–H and O–H groups in total. The second-order valence-corrected chi connectivity index (χ2v) is 15.5. The molecule has 4 heterocycles. The lowest BCUT2D eigenvalue weighted by molar-refractivity contribution is -0.157. The number of likely N-dealkylation sites (tertiary alicyclic amines) is 1. The highest BCUT2D eigenvalue weighted by Crippen LogP contribution is 2.33. The predicted octanol–water partition coefficient (Wildman–Crippen LogP) is 9.73. The Morgan fingerprint density at radius 3 is 1.34 bits per heavy atom. The van der Waals surface area contributed by atoms with Gasteiger partial charge in [-0.3, -0.25) is 9.59 Å². The Morgan fingerprint density at radius 2 is 0.985 bits per heavy atom. The fourth-order valence-corrected chi connectivity index (χ4v) is 7.59. The Morgan fingerprint density at radius 1 is 0.600 bits per heavy atom. The van der Waals surface area contributed by atoms with E-state index in [0.29, 0.717) is 24.2 Å². The summed E-state index contributed by atoms with van der Waals surface area (Å²) in [5, 5.41) is 16.3. The molecular formula is C46H47ClF6N8O4. The number of halogens is 7. The number of carbonyl (C=O) groups excluding carboxylic acids is 2. The normalized spacial score (nSPS) is 15.1. The highest BCUT2D eigenvalue weighted by atomic mass is 35.5. The van der Waals surface area contributed by atoms with Crippen molar-refractivity contribution in [3.63, 3.8) is 0 Å². The third-order valence-electron chi connectivity index (χ3n) is 11.2. The van der Waals surface area contributed by atoms with E-state index in [1.807, 2.05) is 60.7 Å². The van der Waals surface area contributed by atoms with Crippen LogP contribution in [-0.4, -0.2) is 69.8 Å². The van der Waals surface area contributed by atoms with Gasteiger partial charge in [-0.15, -0.1) is 32.8 Å². The van der Waals surface area contributed by atoms with Gasteiger partial charge in [-0.25, -0.2) is 0 Å². The van der Waals surface area contributed by atoms with Crippen LogP contribution in [0.5, 0.6) is 0 Å². The Hall–Kier alpha value is -6.11. The van der Waals surface area contributed by atoms with E-state index in [1.54, 1.807) is 58.3 Å². The Bertz CT molecular complexity index is 2420. The second-order valence-electron chi connectivity index (χ2n) is 15.5. The number of nitrogens with zero attached hydrogens (tertiary/aromatic N) is 7. The minimum Gasteiger partial charge on any atom is -0.413 e. The van der Waals surface area contributed by atoms with E-state index in [4.69, 9.17) is 8.83 Å². The van der Waals surface area contributed by atoms with E-state index < -0.39 is 24.1 Å². The van der Waals surface area contributed by atoms with Crippen LogP contribution in [0.1, 0.15) is 55.5 Å². The van der Waals surface area contributed by atoms with Crippen molar-refractivity contribution < 1.29 is 44.8 Å². The van der Waals surface area contributed by atoms with Crippen LogP contribution in [0.15, 0.2) is 118 Å². The summed E-state index contributed by atoms with van der Waals surface area (Å²) in [7, 11) is 0. The van der Waals surface area contributed by atoms with Gasteiger partial charge in [0.2, 0.25) is 23.6 Å².